The summed E-state index contributed by atoms with van der Waals surface area (Å²) < 4.78 is 26.2. The molecule has 1 unspecified atom stereocenters. The van der Waals surface area contributed by atoms with Gasteiger partial charge in [-0.05, 0) is 77.9 Å². The number of benzene rings is 4. The minimum Gasteiger partial charge on any atom is -0.483 e. The van der Waals surface area contributed by atoms with Crippen LogP contribution in [0.25, 0.3) is 10.8 Å². The molecule has 0 aliphatic carbocycles. The topological polar surface area (TPSA) is 59.0 Å². The van der Waals surface area contributed by atoms with Gasteiger partial charge in [-0.3, -0.25) is 0 Å². The quantitative estimate of drug-likeness (QED) is 0.262. The Morgan fingerprint density at radius 1 is 1.05 bits per heavy atom. The molecule has 2 atom stereocenters. The van der Waals surface area contributed by atoms with Gasteiger partial charge in [0.05, 0.1) is 12.2 Å². The predicted octanol–water partition coefficient (Wildman–Crippen LogP) is 7.32. The van der Waals surface area contributed by atoms with E-state index in [1.807, 2.05) is 18.2 Å². The summed E-state index contributed by atoms with van der Waals surface area (Å²) in [5.74, 6) is -0.268. The van der Waals surface area contributed by atoms with E-state index >= 15 is 0 Å². The van der Waals surface area contributed by atoms with E-state index in [1.54, 1.807) is 18.2 Å². The molecule has 1 aliphatic heterocycles. The molecule has 0 aromatic heterocycles. The summed E-state index contributed by atoms with van der Waals surface area (Å²) in [5, 5.41) is 11.4. The van der Waals surface area contributed by atoms with Crippen LogP contribution in [-0.4, -0.2) is 30.3 Å². The van der Waals surface area contributed by atoms with Crippen LogP contribution in [0.15, 0.2) is 84.9 Å². The van der Waals surface area contributed by atoms with Gasteiger partial charge in [-0.15, -0.1) is 0 Å². The maximum Gasteiger partial charge on any atom is 0.341 e. The number of fused-ring (bicyclic) bond motifs is 2. The van der Waals surface area contributed by atoms with Gasteiger partial charge >= 0.3 is 5.97 Å². The molecule has 6 heteroatoms. The fourth-order valence-corrected chi connectivity index (χ4v) is 5.08. The van der Waals surface area contributed by atoms with E-state index in [4.69, 9.17) is 14.6 Å². The average molecular weight is 500 g/mol. The lowest BCUT2D eigenvalue weighted by atomic mass is 9.90. The molecule has 4 aromatic rings. The first-order valence-corrected chi connectivity index (χ1v) is 12.6. The maximum atomic E-state index is 14.8. The molecule has 1 heterocycles. The van der Waals surface area contributed by atoms with Crippen molar-refractivity contribution in [3.63, 3.8) is 0 Å². The zero-order valence-corrected chi connectivity index (χ0v) is 20.8. The molecular weight excluding hydrogens is 469 g/mol. The molecule has 0 saturated carbocycles. The Morgan fingerprint density at radius 2 is 1.81 bits per heavy atom. The Bertz CT molecular complexity index is 1380. The first-order valence-electron chi connectivity index (χ1n) is 12.6. The number of carbonyl (C=O) groups is 1. The minimum atomic E-state index is -1.03. The van der Waals surface area contributed by atoms with Crippen molar-refractivity contribution in [3.05, 3.63) is 96.3 Å². The largest absolute Gasteiger partial charge is 0.483 e. The highest BCUT2D eigenvalue weighted by atomic mass is 19.1. The van der Waals surface area contributed by atoms with Gasteiger partial charge in [0.1, 0.15) is 11.9 Å². The predicted molar refractivity (Wildman–Crippen MR) is 144 cm³/mol. The molecule has 4 aromatic carbocycles. The van der Waals surface area contributed by atoms with Gasteiger partial charge in [-0.1, -0.05) is 55.5 Å². The standard InChI is InChI=1S/C31H30FNO4/c1-21(26-12-5-9-22-8-2-3-11-27(22)26)7-4-10-25-19-33(29-14-6-13-28(32)31(29)37-25)23-15-17-24(18-16-23)36-20-30(34)35/h2-3,5-6,8-9,11-18,21,25H,4,7,10,19-20H2,1H3,(H,34,35)/t21-,25?/m0/s1. The van der Waals surface area contributed by atoms with Crippen molar-refractivity contribution in [2.45, 2.75) is 38.2 Å². The Labute approximate surface area is 216 Å². The van der Waals surface area contributed by atoms with Gasteiger partial charge < -0.3 is 19.5 Å². The number of carboxylic acids is 1. The van der Waals surface area contributed by atoms with Gasteiger partial charge in [0.25, 0.3) is 0 Å². The number of ether oxygens (including phenoxy) is 2. The lowest BCUT2D eigenvalue weighted by Gasteiger charge is -2.36. The van der Waals surface area contributed by atoms with Gasteiger partial charge in [0.15, 0.2) is 18.2 Å². The van der Waals surface area contributed by atoms with Crippen LogP contribution in [0, 0.1) is 5.82 Å². The van der Waals surface area contributed by atoms with Crippen molar-refractivity contribution in [3.8, 4) is 11.5 Å². The second-order valence-corrected chi connectivity index (χ2v) is 9.52. The van der Waals surface area contributed by atoms with Gasteiger partial charge in [-0.25, -0.2) is 9.18 Å². The molecular formula is C31H30FNO4. The van der Waals surface area contributed by atoms with E-state index in [1.165, 1.54) is 22.4 Å². The van der Waals surface area contributed by atoms with E-state index in [9.17, 15) is 9.18 Å². The first kappa shape index (κ1) is 24.6. The van der Waals surface area contributed by atoms with Crippen molar-refractivity contribution >= 4 is 28.1 Å². The lowest BCUT2D eigenvalue weighted by Crippen LogP contribution is -2.37. The summed E-state index contributed by atoms with van der Waals surface area (Å²) in [6, 6.07) is 27.1. The highest BCUT2D eigenvalue weighted by molar-refractivity contribution is 5.86. The van der Waals surface area contributed by atoms with Crippen LogP contribution in [0.5, 0.6) is 11.5 Å². The summed E-state index contributed by atoms with van der Waals surface area (Å²) in [7, 11) is 0. The van der Waals surface area contributed by atoms with Crippen molar-refractivity contribution in [1.29, 1.82) is 0 Å². The molecule has 5 nitrogen and oxygen atoms in total. The number of halogens is 1. The number of nitrogens with zero attached hydrogens (tertiary/aromatic N) is 1. The van der Waals surface area contributed by atoms with Gasteiger partial charge in [0.2, 0.25) is 0 Å². The maximum absolute atomic E-state index is 14.8. The van der Waals surface area contributed by atoms with E-state index in [0.717, 1.165) is 24.9 Å². The van der Waals surface area contributed by atoms with Crippen LogP contribution in [0.4, 0.5) is 15.8 Å². The second-order valence-electron chi connectivity index (χ2n) is 9.52. The Balaban J connectivity index is 1.28. The smallest absolute Gasteiger partial charge is 0.341 e. The summed E-state index contributed by atoms with van der Waals surface area (Å²) in [6.07, 6.45) is 2.61. The number of aliphatic carboxylic acids is 1. The zero-order chi connectivity index (χ0) is 25.8. The number of para-hydroxylation sites is 1. The van der Waals surface area contributed by atoms with Crippen LogP contribution < -0.4 is 14.4 Å². The third-order valence-corrected chi connectivity index (χ3v) is 6.94. The fraction of sp³-hybridized carbons (Fsp3) is 0.258. The number of hydrogen-bond acceptors (Lipinski definition) is 4. The molecule has 1 aliphatic rings. The monoisotopic (exact) mass is 499 g/mol. The molecule has 5 rings (SSSR count). The van der Waals surface area contributed by atoms with E-state index in [-0.39, 0.29) is 17.7 Å². The molecule has 37 heavy (non-hydrogen) atoms. The molecule has 190 valence electrons. The summed E-state index contributed by atoms with van der Waals surface area (Å²) in [4.78, 5) is 12.8. The molecule has 0 saturated heterocycles. The van der Waals surface area contributed by atoms with E-state index < -0.39 is 12.6 Å². The molecule has 0 spiro atoms. The molecule has 0 fully saturated rings. The van der Waals surface area contributed by atoms with Crippen LogP contribution in [0.3, 0.4) is 0 Å². The van der Waals surface area contributed by atoms with Crippen LogP contribution in [0.2, 0.25) is 0 Å². The number of carboxylic acid groups (broad SMARTS) is 1. The highest BCUT2D eigenvalue weighted by Crippen LogP contribution is 2.41. The third-order valence-electron chi connectivity index (χ3n) is 6.94. The average Bonchev–Trinajstić information content (AvgIpc) is 2.92. The van der Waals surface area contributed by atoms with E-state index in [0.29, 0.717) is 23.9 Å². The summed E-state index contributed by atoms with van der Waals surface area (Å²) >= 11 is 0. The van der Waals surface area contributed by atoms with Crippen LogP contribution in [-0.2, 0) is 4.79 Å². The van der Waals surface area contributed by atoms with Crippen molar-refractivity contribution in [2.75, 3.05) is 18.1 Å². The molecule has 0 radical (unpaired) electrons. The highest BCUT2D eigenvalue weighted by Gasteiger charge is 2.29. The minimum absolute atomic E-state index is 0.160. The van der Waals surface area contributed by atoms with Crippen molar-refractivity contribution < 1.29 is 23.8 Å². The summed E-state index contributed by atoms with van der Waals surface area (Å²) in [5.41, 5.74) is 2.90. The third kappa shape index (κ3) is 5.53. The zero-order valence-electron chi connectivity index (χ0n) is 20.8. The van der Waals surface area contributed by atoms with Crippen molar-refractivity contribution in [1.82, 2.24) is 0 Å². The molecule has 1 N–H and O–H groups in total. The van der Waals surface area contributed by atoms with Gasteiger partial charge in [0, 0.05) is 5.69 Å². The number of rotatable bonds is 9. The second kappa shape index (κ2) is 10.9. The SMILES string of the molecule is C[C@@H](CCCC1CN(c2ccc(OCC(=O)O)cc2)c2cccc(F)c2O1)c1cccc2ccccc12. The number of hydrogen-bond donors (Lipinski definition) is 1. The van der Waals surface area contributed by atoms with Gasteiger partial charge in [-0.2, -0.15) is 0 Å². The molecule has 0 amide bonds. The first-order chi connectivity index (χ1) is 18.0. The normalized spacial score (nSPS) is 15.6. The summed E-state index contributed by atoms with van der Waals surface area (Å²) in [6.45, 7) is 2.46. The Hall–Kier alpha value is -4.06. The number of anilines is 2. The van der Waals surface area contributed by atoms with Crippen LogP contribution >= 0.6 is 0 Å². The van der Waals surface area contributed by atoms with E-state index in [2.05, 4.69) is 54.3 Å². The van der Waals surface area contributed by atoms with Crippen LogP contribution in [0.1, 0.15) is 37.7 Å². The lowest BCUT2D eigenvalue weighted by molar-refractivity contribution is -0.139. The van der Waals surface area contributed by atoms with Crippen molar-refractivity contribution in [2.24, 2.45) is 0 Å². The molecule has 0 bridgehead atoms. The Kier molecular flexibility index (Phi) is 7.26. The fourth-order valence-electron chi connectivity index (χ4n) is 5.08. The Morgan fingerprint density at radius 3 is 2.62 bits per heavy atom.